The summed E-state index contributed by atoms with van der Waals surface area (Å²) in [7, 11) is 1.83. The van der Waals surface area contributed by atoms with Crippen molar-refractivity contribution in [1.82, 2.24) is 9.78 Å². The molecule has 2 aromatic rings. The summed E-state index contributed by atoms with van der Waals surface area (Å²) >= 11 is 0. The molecular weight excluding hydrogens is 217 g/mol. The highest BCUT2D eigenvalue weighted by Crippen LogP contribution is 2.26. The second-order valence-corrected chi connectivity index (χ2v) is 3.99. The lowest BCUT2D eigenvalue weighted by atomic mass is 10.0. The smallest absolute Gasteiger partial charge is 0.133 e. The second-order valence-electron chi connectivity index (χ2n) is 3.99. The van der Waals surface area contributed by atoms with Crippen molar-refractivity contribution in [2.75, 3.05) is 0 Å². The average Bonchev–Trinajstić information content (AvgIpc) is 2.57. The molecule has 0 radical (unpaired) electrons. The third kappa shape index (κ3) is 1.80. The molecule has 0 aliphatic carbocycles. The average molecular weight is 229 g/mol. The highest BCUT2D eigenvalue weighted by atomic mass is 19.1. The summed E-state index contributed by atoms with van der Waals surface area (Å²) in [6.45, 7) is 3.85. The normalized spacial score (nSPS) is 10.3. The topological polar surface area (TPSA) is 41.6 Å². The Bertz CT molecular complexity index is 620. The first-order valence-electron chi connectivity index (χ1n) is 5.25. The summed E-state index contributed by atoms with van der Waals surface area (Å²) in [5.41, 5.74) is 3.34. The molecule has 0 unspecified atom stereocenters. The van der Waals surface area contributed by atoms with Crippen LogP contribution in [0.1, 0.15) is 16.8 Å². The maximum absolute atomic E-state index is 13.8. The van der Waals surface area contributed by atoms with Crippen molar-refractivity contribution in [3.8, 4) is 17.3 Å². The number of benzene rings is 1. The van der Waals surface area contributed by atoms with Crippen LogP contribution in [0.15, 0.2) is 18.2 Å². The number of nitrogens with zero attached hydrogens (tertiary/aromatic N) is 3. The van der Waals surface area contributed by atoms with E-state index in [0.29, 0.717) is 16.8 Å². The molecule has 17 heavy (non-hydrogen) atoms. The van der Waals surface area contributed by atoms with Crippen molar-refractivity contribution in [2.45, 2.75) is 13.8 Å². The molecule has 0 aliphatic heterocycles. The molecule has 86 valence electrons. The lowest BCUT2D eigenvalue weighted by Gasteiger charge is -2.01. The molecular formula is C13H12FN3. The van der Waals surface area contributed by atoms with E-state index < -0.39 is 5.82 Å². The van der Waals surface area contributed by atoms with E-state index in [9.17, 15) is 4.39 Å². The van der Waals surface area contributed by atoms with Crippen LogP contribution in [-0.2, 0) is 7.05 Å². The lowest BCUT2D eigenvalue weighted by molar-refractivity contribution is 0.629. The van der Waals surface area contributed by atoms with Gasteiger partial charge < -0.3 is 0 Å². The Balaban J connectivity index is 2.62. The van der Waals surface area contributed by atoms with E-state index in [1.54, 1.807) is 16.8 Å². The zero-order valence-corrected chi connectivity index (χ0v) is 9.95. The van der Waals surface area contributed by atoms with Crippen LogP contribution in [0.2, 0.25) is 0 Å². The van der Waals surface area contributed by atoms with Crippen LogP contribution < -0.4 is 0 Å². The standard InChI is InChI=1S/C13H12FN3/c1-8-9(2)17(3)16-13(8)11-5-4-10(7-15)6-12(11)14/h4-6H,1-3H3. The zero-order chi connectivity index (χ0) is 12.6. The quantitative estimate of drug-likeness (QED) is 0.754. The number of aromatic nitrogens is 2. The molecule has 0 N–H and O–H groups in total. The zero-order valence-electron chi connectivity index (χ0n) is 9.95. The van der Waals surface area contributed by atoms with Gasteiger partial charge in [-0.15, -0.1) is 0 Å². The first-order chi connectivity index (χ1) is 8.04. The summed E-state index contributed by atoms with van der Waals surface area (Å²) in [5.74, 6) is -0.412. The van der Waals surface area contributed by atoms with Gasteiger partial charge >= 0.3 is 0 Å². The molecule has 1 heterocycles. The van der Waals surface area contributed by atoms with Gasteiger partial charge in [0.25, 0.3) is 0 Å². The molecule has 0 bridgehead atoms. The molecule has 2 rings (SSSR count). The third-order valence-electron chi connectivity index (χ3n) is 2.99. The molecule has 0 saturated heterocycles. The van der Waals surface area contributed by atoms with Crippen molar-refractivity contribution >= 4 is 0 Å². The van der Waals surface area contributed by atoms with Gasteiger partial charge in [-0.1, -0.05) is 0 Å². The molecule has 0 atom stereocenters. The van der Waals surface area contributed by atoms with Gasteiger partial charge in [-0.3, -0.25) is 4.68 Å². The van der Waals surface area contributed by atoms with Gasteiger partial charge in [0.05, 0.1) is 17.3 Å². The number of hydrogen-bond donors (Lipinski definition) is 0. The predicted molar refractivity (Wildman–Crippen MR) is 62.8 cm³/mol. The van der Waals surface area contributed by atoms with Crippen LogP contribution >= 0.6 is 0 Å². The van der Waals surface area contributed by atoms with Crippen molar-refractivity contribution in [3.63, 3.8) is 0 Å². The summed E-state index contributed by atoms with van der Waals surface area (Å²) < 4.78 is 15.6. The number of rotatable bonds is 1. The van der Waals surface area contributed by atoms with E-state index in [1.165, 1.54) is 6.07 Å². The van der Waals surface area contributed by atoms with Gasteiger partial charge in [0, 0.05) is 18.3 Å². The van der Waals surface area contributed by atoms with E-state index in [0.717, 1.165) is 11.3 Å². The number of aryl methyl sites for hydroxylation is 1. The van der Waals surface area contributed by atoms with Gasteiger partial charge in [0.2, 0.25) is 0 Å². The van der Waals surface area contributed by atoms with Gasteiger partial charge in [-0.05, 0) is 37.6 Å². The molecule has 3 nitrogen and oxygen atoms in total. The summed E-state index contributed by atoms with van der Waals surface area (Å²) in [4.78, 5) is 0. The van der Waals surface area contributed by atoms with Gasteiger partial charge in [0.1, 0.15) is 5.82 Å². The van der Waals surface area contributed by atoms with Crippen LogP contribution in [0.25, 0.3) is 11.3 Å². The maximum Gasteiger partial charge on any atom is 0.133 e. The predicted octanol–water partition coefficient (Wildman–Crippen LogP) is 2.71. The van der Waals surface area contributed by atoms with Crippen molar-refractivity contribution in [3.05, 3.63) is 40.8 Å². The van der Waals surface area contributed by atoms with Crippen LogP contribution in [0.5, 0.6) is 0 Å². The SMILES string of the molecule is Cc1c(-c2ccc(C#N)cc2F)nn(C)c1C. The van der Waals surface area contributed by atoms with Gasteiger partial charge in [-0.25, -0.2) is 4.39 Å². The summed E-state index contributed by atoms with van der Waals surface area (Å²) in [6.07, 6.45) is 0. The first kappa shape index (κ1) is 11.3. The first-order valence-corrected chi connectivity index (χ1v) is 5.25. The van der Waals surface area contributed by atoms with Crippen LogP contribution in [0, 0.1) is 31.0 Å². The van der Waals surface area contributed by atoms with Crippen molar-refractivity contribution < 1.29 is 4.39 Å². The van der Waals surface area contributed by atoms with E-state index in [-0.39, 0.29) is 0 Å². The Morgan fingerprint density at radius 3 is 2.53 bits per heavy atom. The van der Waals surface area contributed by atoms with E-state index >= 15 is 0 Å². The Morgan fingerprint density at radius 1 is 1.35 bits per heavy atom. The number of hydrogen-bond acceptors (Lipinski definition) is 2. The molecule has 0 aliphatic rings. The molecule has 0 spiro atoms. The highest BCUT2D eigenvalue weighted by molar-refractivity contribution is 5.65. The van der Waals surface area contributed by atoms with Crippen molar-refractivity contribution in [2.24, 2.45) is 7.05 Å². The largest absolute Gasteiger partial charge is 0.272 e. The number of nitriles is 1. The van der Waals surface area contributed by atoms with Crippen LogP contribution in [-0.4, -0.2) is 9.78 Å². The molecule has 0 saturated carbocycles. The minimum absolute atomic E-state index is 0.316. The maximum atomic E-state index is 13.8. The fourth-order valence-electron chi connectivity index (χ4n) is 1.75. The fraction of sp³-hybridized carbons (Fsp3) is 0.231. The van der Waals surface area contributed by atoms with E-state index in [4.69, 9.17) is 5.26 Å². The van der Waals surface area contributed by atoms with E-state index in [1.807, 2.05) is 27.0 Å². The fourth-order valence-corrected chi connectivity index (χ4v) is 1.75. The summed E-state index contributed by atoms with van der Waals surface area (Å²) in [5, 5.41) is 13.0. The monoisotopic (exact) mass is 229 g/mol. The minimum atomic E-state index is -0.412. The van der Waals surface area contributed by atoms with Crippen LogP contribution in [0.3, 0.4) is 0 Å². The Hall–Kier alpha value is -2.15. The molecule has 0 amide bonds. The molecule has 1 aromatic carbocycles. The molecule has 4 heteroatoms. The Labute approximate surface area is 99.1 Å². The number of halogens is 1. The summed E-state index contributed by atoms with van der Waals surface area (Å²) in [6, 6.07) is 6.35. The van der Waals surface area contributed by atoms with Crippen LogP contribution in [0.4, 0.5) is 4.39 Å². The minimum Gasteiger partial charge on any atom is -0.272 e. The van der Waals surface area contributed by atoms with E-state index in [2.05, 4.69) is 5.10 Å². The second kappa shape index (κ2) is 4.02. The molecule has 1 aromatic heterocycles. The van der Waals surface area contributed by atoms with Crippen molar-refractivity contribution in [1.29, 1.82) is 5.26 Å². The van der Waals surface area contributed by atoms with Gasteiger partial charge in [-0.2, -0.15) is 10.4 Å². The lowest BCUT2D eigenvalue weighted by Crippen LogP contribution is -1.93. The Morgan fingerprint density at radius 2 is 2.06 bits per heavy atom. The molecule has 0 fully saturated rings. The Kier molecular flexibility index (Phi) is 2.68. The van der Waals surface area contributed by atoms with Gasteiger partial charge in [0.15, 0.2) is 0 Å². The highest BCUT2D eigenvalue weighted by Gasteiger charge is 2.14. The third-order valence-corrected chi connectivity index (χ3v) is 2.99.